The van der Waals surface area contributed by atoms with Crippen LogP contribution in [0.25, 0.3) is 88.8 Å². The summed E-state index contributed by atoms with van der Waals surface area (Å²) in [5.41, 5.74) is 6.45. The molecule has 0 fully saturated rings. The van der Waals surface area contributed by atoms with Crippen LogP contribution in [-0.4, -0.2) is 19.9 Å². The highest BCUT2D eigenvalue weighted by atomic mass is 16.3. The summed E-state index contributed by atoms with van der Waals surface area (Å²) in [7, 11) is 0. The largest absolute Gasteiger partial charge is 0.454 e. The Bertz CT molecular complexity index is 2540. The molecule has 6 aromatic carbocycles. The predicted octanol–water partition coefficient (Wildman–Crippen LogP) is 10.1. The van der Waals surface area contributed by atoms with Crippen LogP contribution < -0.4 is 0 Å². The van der Waals surface area contributed by atoms with E-state index in [0.29, 0.717) is 23.1 Å². The van der Waals surface area contributed by atoms with Gasteiger partial charge in [0.25, 0.3) is 0 Å². The zero-order valence-electron chi connectivity index (χ0n) is 24.1. The smallest absolute Gasteiger partial charge is 0.166 e. The summed E-state index contributed by atoms with van der Waals surface area (Å²) in [6, 6.07) is 45.8. The standard InChI is InChI=1S/C40H24N4O/c1-2-8-25(9-3-1)27-14-17-29(18-15-27)38-42-39(31-19-16-26-10-4-5-12-30(26)22-31)44-40(43-38)34-23-41-24-35-36(34)33-21-20-28-11-6-7-13-32(28)37(33)45-35/h1-24H. The van der Waals surface area contributed by atoms with Gasteiger partial charge in [0, 0.05) is 39.0 Å². The highest BCUT2D eigenvalue weighted by molar-refractivity contribution is 6.18. The first-order valence-electron chi connectivity index (χ1n) is 14.9. The van der Waals surface area contributed by atoms with Crippen LogP contribution in [0.5, 0.6) is 0 Å². The predicted molar refractivity (Wildman–Crippen MR) is 182 cm³/mol. The van der Waals surface area contributed by atoms with Crippen LogP contribution in [0.15, 0.2) is 150 Å². The Hall–Kier alpha value is -6.20. The van der Waals surface area contributed by atoms with E-state index in [4.69, 9.17) is 19.4 Å². The Morgan fingerprint density at radius 2 is 1.04 bits per heavy atom. The third-order valence-corrected chi connectivity index (χ3v) is 8.41. The number of aromatic nitrogens is 4. The van der Waals surface area contributed by atoms with Gasteiger partial charge in [0.1, 0.15) is 5.58 Å². The number of furan rings is 1. The Morgan fingerprint density at radius 3 is 1.89 bits per heavy atom. The van der Waals surface area contributed by atoms with Crippen molar-refractivity contribution in [1.82, 2.24) is 19.9 Å². The molecule has 0 bridgehead atoms. The van der Waals surface area contributed by atoms with Crippen molar-refractivity contribution in [2.75, 3.05) is 0 Å². The number of pyridine rings is 1. The average molecular weight is 577 g/mol. The molecule has 0 N–H and O–H groups in total. The number of nitrogens with zero attached hydrogens (tertiary/aromatic N) is 4. The normalized spacial score (nSPS) is 11.6. The average Bonchev–Trinajstić information content (AvgIpc) is 3.51. The SMILES string of the molecule is c1ccc(-c2ccc(-c3nc(-c4ccc5ccccc5c4)nc(-c4cncc5oc6c7ccccc7ccc6c45)n3)cc2)cc1. The zero-order valence-corrected chi connectivity index (χ0v) is 24.1. The second-order valence-electron chi connectivity index (χ2n) is 11.1. The molecule has 0 aliphatic rings. The van der Waals surface area contributed by atoms with Gasteiger partial charge < -0.3 is 4.42 Å². The van der Waals surface area contributed by atoms with E-state index < -0.39 is 0 Å². The minimum atomic E-state index is 0.546. The molecule has 0 aliphatic heterocycles. The first kappa shape index (κ1) is 25.3. The molecular formula is C40H24N4O. The van der Waals surface area contributed by atoms with Crippen LogP contribution in [0.2, 0.25) is 0 Å². The fourth-order valence-corrected chi connectivity index (χ4v) is 6.15. The number of fused-ring (bicyclic) bond motifs is 6. The van der Waals surface area contributed by atoms with Crippen molar-refractivity contribution in [3.05, 3.63) is 146 Å². The summed E-state index contributed by atoms with van der Waals surface area (Å²) in [5, 5.41) is 6.41. The lowest BCUT2D eigenvalue weighted by atomic mass is 10.0. The Kier molecular flexibility index (Phi) is 5.74. The highest BCUT2D eigenvalue weighted by Crippen LogP contribution is 2.39. The summed E-state index contributed by atoms with van der Waals surface area (Å²) in [6.07, 6.45) is 3.59. The van der Waals surface area contributed by atoms with E-state index >= 15 is 0 Å². The summed E-state index contributed by atoms with van der Waals surface area (Å²) in [6.45, 7) is 0. The van der Waals surface area contributed by atoms with Crippen molar-refractivity contribution in [3.63, 3.8) is 0 Å². The molecule has 9 rings (SSSR count). The fourth-order valence-electron chi connectivity index (χ4n) is 6.15. The van der Waals surface area contributed by atoms with Gasteiger partial charge in [-0.05, 0) is 39.4 Å². The lowest BCUT2D eigenvalue weighted by Crippen LogP contribution is -2.00. The number of rotatable bonds is 4. The van der Waals surface area contributed by atoms with E-state index in [1.54, 1.807) is 6.20 Å². The summed E-state index contributed by atoms with van der Waals surface area (Å²) in [5.74, 6) is 1.74. The maximum atomic E-state index is 6.43. The van der Waals surface area contributed by atoms with Crippen LogP contribution in [0, 0.1) is 0 Å². The van der Waals surface area contributed by atoms with Gasteiger partial charge in [-0.2, -0.15) is 0 Å². The van der Waals surface area contributed by atoms with Gasteiger partial charge in [-0.15, -0.1) is 0 Å². The van der Waals surface area contributed by atoms with Crippen molar-refractivity contribution in [3.8, 4) is 45.3 Å². The minimum Gasteiger partial charge on any atom is -0.454 e. The lowest BCUT2D eigenvalue weighted by molar-refractivity contribution is 0.670. The molecule has 0 amide bonds. The van der Waals surface area contributed by atoms with Crippen LogP contribution in [0.1, 0.15) is 0 Å². The number of hydrogen-bond donors (Lipinski definition) is 0. The van der Waals surface area contributed by atoms with Crippen molar-refractivity contribution in [2.24, 2.45) is 0 Å². The third kappa shape index (κ3) is 4.33. The summed E-state index contributed by atoms with van der Waals surface area (Å²) in [4.78, 5) is 19.7. The Labute approximate surface area is 258 Å². The van der Waals surface area contributed by atoms with Gasteiger partial charge in [0.2, 0.25) is 0 Å². The van der Waals surface area contributed by atoms with Gasteiger partial charge in [-0.25, -0.2) is 15.0 Å². The van der Waals surface area contributed by atoms with Crippen molar-refractivity contribution >= 4 is 43.5 Å². The molecule has 0 atom stereocenters. The van der Waals surface area contributed by atoms with Crippen molar-refractivity contribution < 1.29 is 4.42 Å². The summed E-state index contributed by atoms with van der Waals surface area (Å²) >= 11 is 0. The molecule has 3 heterocycles. The van der Waals surface area contributed by atoms with Crippen LogP contribution in [0.3, 0.4) is 0 Å². The second-order valence-corrected chi connectivity index (χ2v) is 11.1. The highest BCUT2D eigenvalue weighted by Gasteiger charge is 2.19. The maximum absolute atomic E-state index is 6.43. The molecule has 0 saturated heterocycles. The van der Waals surface area contributed by atoms with Crippen molar-refractivity contribution in [2.45, 2.75) is 0 Å². The third-order valence-electron chi connectivity index (χ3n) is 8.41. The molecule has 5 heteroatoms. The van der Waals surface area contributed by atoms with Crippen LogP contribution in [-0.2, 0) is 0 Å². The van der Waals surface area contributed by atoms with E-state index in [1.807, 2.05) is 48.7 Å². The quantitative estimate of drug-likeness (QED) is 0.209. The van der Waals surface area contributed by atoms with Gasteiger partial charge in [0.15, 0.2) is 23.1 Å². The van der Waals surface area contributed by atoms with Gasteiger partial charge >= 0.3 is 0 Å². The van der Waals surface area contributed by atoms with Gasteiger partial charge in [-0.3, -0.25) is 4.98 Å². The first-order chi connectivity index (χ1) is 22.3. The molecule has 0 radical (unpaired) electrons. The summed E-state index contributed by atoms with van der Waals surface area (Å²) < 4.78 is 6.43. The number of benzene rings is 6. The molecule has 0 unspecified atom stereocenters. The molecule has 0 saturated carbocycles. The molecule has 45 heavy (non-hydrogen) atoms. The minimum absolute atomic E-state index is 0.546. The first-order valence-corrected chi connectivity index (χ1v) is 14.9. The molecule has 3 aromatic heterocycles. The Morgan fingerprint density at radius 1 is 0.422 bits per heavy atom. The van der Waals surface area contributed by atoms with Gasteiger partial charge in [-0.1, -0.05) is 121 Å². The Balaban J connectivity index is 1.27. The van der Waals surface area contributed by atoms with E-state index in [1.165, 1.54) is 5.39 Å². The topological polar surface area (TPSA) is 64.7 Å². The molecule has 0 aliphatic carbocycles. The zero-order chi connectivity index (χ0) is 29.7. The van der Waals surface area contributed by atoms with Gasteiger partial charge in [0.05, 0.1) is 6.20 Å². The van der Waals surface area contributed by atoms with Crippen LogP contribution in [0.4, 0.5) is 0 Å². The maximum Gasteiger partial charge on any atom is 0.166 e. The molecule has 9 aromatic rings. The molecule has 0 spiro atoms. The fraction of sp³-hybridized carbons (Fsp3) is 0. The van der Waals surface area contributed by atoms with E-state index in [0.717, 1.165) is 60.3 Å². The molecular weight excluding hydrogens is 552 g/mol. The van der Waals surface area contributed by atoms with E-state index in [2.05, 4.69) is 96.0 Å². The molecule has 5 nitrogen and oxygen atoms in total. The molecule has 210 valence electrons. The van der Waals surface area contributed by atoms with E-state index in [-0.39, 0.29) is 0 Å². The van der Waals surface area contributed by atoms with Crippen molar-refractivity contribution in [1.29, 1.82) is 0 Å². The second kappa shape index (κ2) is 10.2. The number of hydrogen-bond acceptors (Lipinski definition) is 5. The lowest BCUT2D eigenvalue weighted by Gasteiger charge is -2.10. The monoisotopic (exact) mass is 576 g/mol. The van der Waals surface area contributed by atoms with Crippen LogP contribution >= 0.6 is 0 Å². The van der Waals surface area contributed by atoms with E-state index in [9.17, 15) is 0 Å².